The molecule has 3 aromatic rings. The molecule has 0 saturated carbocycles. The highest BCUT2D eigenvalue weighted by Crippen LogP contribution is 2.35. The number of ether oxygens (including phenoxy) is 2. The summed E-state index contributed by atoms with van der Waals surface area (Å²) in [5.74, 6) is -0.405. The van der Waals surface area contributed by atoms with E-state index in [1.807, 2.05) is 36.4 Å². The van der Waals surface area contributed by atoms with Crippen LogP contribution in [0.4, 0.5) is 0 Å². The molecule has 1 N–H and O–H groups in total. The molecule has 7 nitrogen and oxygen atoms in total. The molecule has 1 aliphatic rings. The summed E-state index contributed by atoms with van der Waals surface area (Å²) in [6.45, 7) is 0.490. The number of nitrogens with zero attached hydrogens (tertiary/aromatic N) is 2. The average molecular weight is 424 g/mol. The van der Waals surface area contributed by atoms with Gasteiger partial charge in [-0.1, -0.05) is 36.4 Å². The van der Waals surface area contributed by atoms with Gasteiger partial charge in [-0.3, -0.25) is 14.5 Å². The van der Waals surface area contributed by atoms with E-state index in [2.05, 4.69) is 4.98 Å². The Bertz CT molecular complexity index is 1100. The first kappa shape index (κ1) is 20.1. The Kier molecular flexibility index (Phi) is 5.52. The molecule has 0 aliphatic carbocycles. The number of Topliss-reactive ketones (excluding diaryl/α,β-unsaturated/α-hetero) is 1. The molecule has 2 heterocycles. The molecule has 0 amide bonds. The highest BCUT2D eigenvalue weighted by Gasteiger charge is 2.41. The van der Waals surface area contributed by atoms with Crippen LogP contribution in [0.15, 0.2) is 48.5 Å². The molecular formula is C22H20N2O5S. The van der Waals surface area contributed by atoms with Crippen LogP contribution in [-0.4, -0.2) is 47.0 Å². The fourth-order valence-corrected chi connectivity index (χ4v) is 4.59. The third kappa shape index (κ3) is 3.67. The molecule has 2 aromatic carbocycles. The van der Waals surface area contributed by atoms with Crippen molar-refractivity contribution >= 4 is 23.1 Å². The number of benzene rings is 2. The van der Waals surface area contributed by atoms with Gasteiger partial charge >= 0.3 is 5.97 Å². The van der Waals surface area contributed by atoms with Crippen LogP contribution in [0.2, 0.25) is 0 Å². The zero-order valence-electron chi connectivity index (χ0n) is 16.5. The first-order chi connectivity index (χ1) is 14.5. The van der Waals surface area contributed by atoms with Crippen molar-refractivity contribution in [2.75, 3.05) is 14.2 Å². The van der Waals surface area contributed by atoms with Crippen molar-refractivity contribution in [2.45, 2.75) is 19.1 Å². The second kappa shape index (κ2) is 8.25. The Morgan fingerprint density at radius 3 is 2.63 bits per heavy atom. The zero-order valence-corrected chi connectivity index (χ0v) is 17.3. The van der Waals surface area contributed by atoms with Crippen LogP contribution in [0.25, 0.3) is 10.6 Å². The summed E-state index contributed by atoms with van der Waals surface area (Å²) in [4.78, 5) is 31.7. The lowest BCUT2D eigenvalue weighted by Gasteiger charge is -2.31. The normalized spacial score (nSPS) is 16.2. The third-order valence-electron chi connectivity index (χ3n) is 5.01. The number of hydrogen-bond donors (Lipinski definition) is 1. The lowest BCUT2D eigenvalue weighted by atomic mass is 10.0. The largest absolute Gasteiger partial charge is 0.497 e. The predicted molar refractivity (Wildman–Crippen MR) is 112 cm³/mol. The van der Waals surface area contributed by atoms with E-state index in [1.165, 1.54) is 11.3 Å². The van der Waals surface area contributed by atoms with E-state index in [0.717, 1.165) is 11.1 Å². The number of methoxy groups -OCH3 is 2. The van der Waals surface area contributed by atoms with E-state index in [9.17, 15) is 14.7 Å². The van der Waals surface area contributed by atoms with E-state index >= 15 is 0 Å². The van der Waals surface area contributed by atoms with Gasteiger partial charge in [0.25, 0.3) is 0 Å². The van der Waals surface area contributed by atoms with Crippen molar-refractivity contribution in [3.05, 3.63) is 64.7 Å². The Hall–Kier alpha value is -3.23. The predicted octanol–water partition coefficient (Wildman–Crippen LogP) is 3.48. The van der Waals surface area contributed by atoms with Crippen molar-refractivity contribution in [3.8, 4) is 22.1 Å². The molecule has 0 bridgehead atoms. The maximum Gasteiger partial charge on any atom is 0.329 e. The van der Waals surface area contributed by atoms with Crippen molar-refractivity contribution < 1.29 is 24.2 Å². The quantitative estimate of drug-likeness (QED) is 0.606. The van der Waals surface area contributed by atoms with E-state index in [-0.39, 0.29) is 13.1 Å². The zero-order chi connectivity index (χ0) is 21.3. The second-order valence-corrected chi connectivity index (χ2v) is 7.85. The van der Waals surface area contributed by atoms with E-state index in [0.29, 0.717) is 27.1 Å². The number of carbonyl (C=O) groups is 2. The molecule has 0 spiro atoms. The van der Waals surface area contributed by atoms with Gasteiger partial charge in [-0.15, -0.1) is 11.3 Å². The van der Waals surface area contributed by atoms with Crippen molar-refractivity contribution in [3.63, 3.8) is 0 Å². The molecule has 30 heavy (non-hydrogen) atoms. The summed E-state index contributed by atoms with van der Waals surface area (Å²) < 4.78 is 10.6. The molecule has 0 fully saturated rings. The average Bonchev–Trinajstić information content (AvgIpc) is 3.19. The number of carboxylic acid groups (broad SMARTS) is 1. The van der Waals surface area contributed by atoms with Crippen molar-refractivity contribution in [1.29, 1.82) is 0 Å². The number of aromatic nitrogens is 1. The number of hydrogen-bond acceptors (Lipinski definition) is 7. The van der Waals surface area contributed by atoms with Crippen LogP contribution >= 0.6 is 11.3 Å². The fraction of sp³-hybridized carbons (Fsp3) is 0.227. The van der Waals surface area contributed by atoms with Gasteiger partial charge in [-0.05, 0) is 6.07 Å². The summed E-state index contributed by atoms with van der Waals surface area (Å²) in [6.07, 6.45) is 0. The van der Waals surface area contributed by atoms with Crippen LogP contribution < -0.4 is 9.47 Å². The lowest BCUT2D eigenvalue weighted by molar-refractivity contribution is -0.142. The molecule has 1 aromatic heterocycles. The minimum Gasteiger partial charge on any atom is -0.497 e. The SMILES string of the molecule is COc1ccc(CN2Cc3nc(-c4ccccc4)sc3C(=O)C2C(=O)O)c(OC)c1. The van der Waals surface area contributed by atoms with E-state index in [1.54, 1.807) is 31.3 Å². The summed E-state index contributed by atoms with van der Waals surface area (Å²) in [5, 5.41) is 10.5. The summed E-state index contributed by atoms with van der Waals surface area (Å²) in [7, 11) is 3.10. The van der Waals surface area contributed by atoms with Gasteiger partial charge in [0.05, 0.1) is 24.8 Å². The maximum absolute atomic E-state index is 13.1. The third-order valence-corrected chi connectivity index (χ3v) is 6.17. The Morgan fingerprint density at radius 1 is 1.20 bits per heavy atom. The summed E-state index contributed by atoms with van der Waals surface area (Å²) >= 11 is 1.25. The van der Waals surface area contributed by atoms with E-state index in [4.69, 9.17) is 9.47 Å². The van der Waals surface area contributed by atoms with Crippen LogP contribution in [0.3, 0.4) is 0 Å². The molecule has 0 radical (unpaired) electrons. The Balaban J connectivity index is 1.69. The number of ketones is 1. The molecule has 4 rings (SSSR count). The standard InChI is InChI=1S/C22H20N2O5S/c1-28-15-9-8-14(17(10-15)29-2)11-24-12-16-20(19(25)18(24)22(26)27)30-21(23-16)13-6-4-3-5-7-13/h3-10,18H,11-12H2,1-2H3,(H,26,27). The highest BCUT2D eigenvalue weighted by atomic mass is 32.1. The maximum atomic E-state index is 13.1. The Labute approximate surface area is 177 Å². The van der Waals surface area contributed by atoms with Gasteiger partial charge in [0.1, 0.15) is 16.5 Å². The molecular weight excluding hydrogens is 404 g/mol. The monoisotopic (exact) mass is 424 g/mol. The number of rotatable bonds is 6. The van der Waals surface area contributed by atoms with Gasteiger partial charge in [-0.2, -0.15) is 0 Å². The van der Waals surface area contributed by atoms with Crippen LogP contribution in [0, 0.1) is 0 Å². The fourth-order valence-electron chi connectivity index (χ4n) is 3.55. The van der Waals surface area contributed by atoms with Gasteiger partial charge in [0, 0.05) is 30.3 Å². The first-order valence-electron chi connectivity index (χ1n) is 9.29. The van der Waals surface area contributed by atoms with E-state index < -0.39 is 17.8 Å². The molecule has 1 aliphatic heterocycles. The number of carboxylic acids is 1. The molecule has 154 valence electrons. The van der Waals surface area contributed by atoms with Gasteiger partial charge < -0.3 is 14.6 Å². The molecule has 0 saturated heterocycles. The smallest absolute Gasteiger partial charge is 0.329 e. The van der Waals surface area contributed by atoms with Gasteiger partial charge in [0.15, 0.2) is 6.04 Å². The van der Waals surface area contributed by atoms with Crippen molar-refractivity contribution in [2.24, 2.45) is 0 Å². The van der Waals surface area contributed by atoms with Gasteiger partial charge in [0.2, 0.25) is 5.78 Å². The van der Waals surface area contributed by atoms with Crippen LogP contribution in [0.5, 0.6) is 11.5 Å². The minimum atomic E-state index is -1.27. The minimum absolute atomic E-state index is 0.230. The summed E-state index contributed by atoms with van der Waals surface area (Å²) in [6, 6.07) is 13.6. The molecule has 1 atom stereocenters. The second-order valence-electron chi connectivity index (χ2n) is 6.85. The van der Waals surface area contributed by atoms with Crippen molar-refractivity contribution in [1.82, 2.24) is 9.88 Å². The molecule has 1 unspecified atom stereocenters. The van der Waals surface area contributed by atoms with Crippen LogP contribution in [0.1, 0.15) is 20.9 Å². The number of fused-ring (bicyclic) bond motifs is 1. The highest BCUT2D eigenvalue weighted by molar-refractivity contribution is 7.17. The first-order valence-corrected chi connectivity index (χ1v) is 10.1. The molecule has 8 heteroatoms. The summed E-state index contributed by atoms with van der Waals surface area (Å²) in [5.41, 5.74) is 2.27. The Morgan fingerprint density at radius 2 is 1.97 bits per heavy atom. The number of carbonyl (C=O) groups excluding carboxylic acids is 1. The lowest BCUT2D eigenvalue weighted by Crippen LogP contribution is -2.49. The topological polar surface area (TPSA) is 89.0 Å². The van der Waals surface area contributed by atoms with Gasteiger partial charge in [-0.25, -0.2) is 4.98 Å². The van der Waals surface area contributed by atoms with Crippen LogP contribution in [-0.2, 0) is 17.9 Å². The number of thiazole rings is 1. The number of aliphatic carboxylic acids is 1.